The number of amides is 1. The first-order valence-electron chi connectivity index (χ1n) is 6.34. The predicted molar refractivity (Wildman–Crippen MR) is 83.8 cm³/mol. The Bertz CT molecular complexity index is 684. The fraction of sp³-hybridized carbons (Fsp3) is 0.462. The molecule has 1 saturated carbocycles. The molecule has 1 fully saturated rings. The van der Waals surface area contributed by atoms with E-state index in [0.29, 0.717) is 6.54 Å². The maximum absolute atomic E-state index is 12.2. The number of nitrogens with one attached hydrogen (secondary N) is 1. The minimum absolute atomic E-state index is 0.0446. The van der Waals surface area contributed by atoms with Crippen molar-refractivity contribution in [3.63, 3.8) is 0 Å². The summed E-state index contributed by atoms with van der Waals surface area (Å²) < 4.78 is 22.8. The third-order valence-electron chi connectivity index (χ3n) is 3.77. The van der Waals surface area contributed by atoms with Crippen molar-refractivity contribution in [2.24, 2.45) is 5.41 Å². The third kappa shape index (κ3) is 3.83. The summed E-state index contributed by atoms with van der Waals surface area (Å²) in [6, 6.07) is 2.31. The molecule has 0 aliphatic heterocycles. The zero-order valence-corrected chi connectivity index (χ0v) is 14.3. The van der Waals surface area contributed by atoms with E-state index >= 15 is 0 Å². The van der Waals surface area contributed by atoms with E-state index in [4.69, 9.17) is 33.9 Å². The molecule has 0 heterocycles. The Labute approximate surface area is 138 Å². The van der Waals surface area contributed by atoms with Gasteiger partial charge in [0.05, 0.1) is 15.6 Å². The van der Waals surface area contributed by atoms with Crippen molar-refractivity contribution in [2.75, 3.05) is 6.54 Å². The highest BCUT2D eigenvalue weighted by Crippen LogP contribution is 2.39. The van der Waals surface area contributed by atoms with Crippen LogP contribution < -0.4 is 5.32 Å². The lowest BCUT2D eigenvalue weighted by atomic mass is 9.70. The summed E-state index contributed by atoms with van der Waals surface area (Å²) in [4.78, 5) is 11.8. The van der Waals surface area contributed by atoms with Crippen LogP contribution in [0.1, 0.15) is 36.5 Å². The Hall–Kier alpha value is -0.490. The fourth-order valence-corrected chi connectivity index (χ4v) is 4.06. The summed E-state index contributed by atoms with van der Waals surface area (Å²) in [5.41, 5.74) is 0.152. The van der Waals surface area contributed by atoms with Gasteiger partial charge in [0.1, 0.15) is 4.90 Å². The van der Waals surface area contributed by atoms with Gasteiger partial charge in [-0.1, -0.05) is 36.5 Å². The molecule has 0 unspecified atom stereocenters. The number of benzene rings is 1. The number of carbonyl (C=O) groups is 1. The van der Waals surface area contributed by atoms with Crippen LogP contribution in [0.2, 0.25) is 10.0 Å². The molecule has 1 aliphatic rings. The SMILES string of the molecule is CC1(CNC(=O)c2cc(S(=O)(=O)Cl)c(Cl)cc2Cl)CCC1. The van der Waals surface area contributed by atoms with Crippen LogP contribution in [0.5, 0.6) is 0 Å². The average molecular weight is 371 g/mol. The molecule has 1 aliphatic carbocycles. The van der Waals surface area contributed by atoms with Crippen molar-refractivity contribution in [3.05, 3.63) is 27.7 Å². The molecule has 21 heavy (non-hydrogen) atoms. The first-order chi connectivity index (χ1) is 9.62. The van der Waals surface area contributed by atoms with Crippen molar-refractivity contribution in [1.29, 1.82) is 0 Å². The summed E-state index contributed by atoms with van der Waals surface area (Å²) in [6.07, 6.45) is 3.27. The summed E-state index contributed by atoms with van der Waals surface area (Å²) >= 11 is 11.8. The minimum Gasteiger partial charge on any atom is -0.351 e. The highest BCUT2D eigenvalue weighted by Gasteiger charge is 2.32. The van der Waals surface area contributed by atoms with Gasteiger partial charge in [0.2, 0.25) is 0 Å². The van der Waals surface area contributed by atoms with Gasteiger partial charge in [0, 0.05) is 17.2 Å². The zero-order chi connectivity index (χ0) is 15.8. The van der Waals surface area contributed by atoms with Crippen LogP contribution in [-0.2, 0) is 9.05 Å². The van der Waals surface area contributed by atoms with E-state index in [9.17, 15) is 13.2 Å². The lowest BCUT2D eigenvalue weighted by molar-refractivity contribution is 0.0890. The molecule has 116 valence electrons. The number of halogens is 3. The molecule has 4 nitrogen and oxygen atoms in total. The van der Waals surface area contributed by atoms with E-state index in [2.05, 4.69) is 12.2 Å². The second-order valence-corrected chi connectivity index (χ2v) is 8.90. The molecule has 1 N–H and O–H groups in total. The standard InChI is InChI=1S/C13H14Cl3NO3S/c1-13(3-2-4-13)7-17-12(18)8-5-11(21(16,19)20)10(15)6-9(8)14/h5-6H,2-4,7H2,1H3,(H,17,18). The molecule has 0 bridgehead atoms. The van der Waals surface area contributed by atoms with Crippen LogP contribution in [0.15, 0.2) is 17.0 Å². The Morgan fingerprint density at radius 3 is 2.38 bits per heavy atom. The van der Waals surface area contributed by atoms with Gasteiger partial charge in [-0.15, -0.1) is 0 Å². The largest absolute Gasteiger partial charge is 0.351 e. The second-order valence-electron chi connectivity index (χ2n) is 5.55. The molecule has 1 aromatic rings. The predicted octanol–water partition coefficient (Wildman–Crippen LogP) is 3.84. The molecule has 0 aromatic heterocycles. The molecule has 1 aromatic carbocycles. The lowest BCUT2D eigenvalue weighted by Crippen LogP contribution is -2.40. The Kier molecular flexibility index (Phi) is 4.78. The van der Waals surface area contributed by atoms with E-state index in [1.165, 1.54) is 6.07 Å². The number of hydrogen-bond donors (Lipinski definition) is 1. The molecule has 0 atom stereocenters. The van der Waals surface area contributed by atoms with E-state index < -0.39 is 15.0 Å². The molecule has 1 amide bonds. The van der Waals surface area contributed by atoms with Crippen LogP contribution in [0, 0.1) is 5.41 Å². The summed E-state index contributed by atoms with van der Waals surface area (Å²) in [5, 5.41) is 2.75. The van der Waals surface area contributed by atoms with E-state index in [-0.39, 0.29) is 25.9 Å². The second kappa shape index (κ2) is 5.95. The summed E-state index contributed by atoms with van der Waals surface area (Å²) in [5.74, 6) is -0.439. The van der Waals surface area contributed by atoms with Gasteiger partial charge >= 0.3 is 0 Å². The monoisotopic (exact) mass is 369 g/mol. The molecular formula is C13H14Cl3NO3S. The van der Waals surface area contributed by atoms with Crippen LogP contribution >= 0.6 is 33.9 Å². The number of carbonyl (C=O) groups excluding carboxylic acids is 1. The van der Waals surface area contributed by atoms with E-state index in [1.807, 2.05) is 0 Å². The van der Waals surface area contributed by atoms with Gasteiger partial charge in [-0.2, -0.15) is 0 Å². The average Bonchev–Trinajstić information content (AvgIpc) is 2.32. The van der Waals surface area contributed by atoms with Gasteiger partial charge in [0.15, 0.2) is 0 Å². The first-order valence-corrected chi connectivity index (χ1v) is 9.41. The van der Waals surface area contributed by atoms with E-state index in [0.717, 1.165) is 25.3 Å². The highest BCUT2D eigenvalue weighted by molar-refractivity contribution is 8.13. The van der Waals surface area contributed by atoms with Gasteiger partial charge in [-0.05, 0) is 30.4 Å². The van der Waals surface area contributed by atoms with Crippen LogP contribution in [-0.4, -0.2) is 20.9 Å². The van der Waals surface area contributed by atoms with Crippen molar-refractivity contribution >= 4 is 48.8 Å². The molecule has 0 radical (unpaired) electrons. The summed E-state index contributed by atoms with van der Waals surface area (Å²) in [7, 11) is 1.25. The molecular weight excluding hydrogens is 357 g/mol. The third-order valence-corrected chi connectivity index (χ3v) is 5.86. The maximum Gasteiger partial charge on any atom is 0.262 e. The van der Waals surface area contributed by atoms with Crippen molar-refractivity contribution in [3.8, 4) is 0 Å². The zero-order valence-electron chi connectivity index (χ0n) is 11.3. The number of hydrogen-bond acceptors (Lipinski definition) is 3. The van der Waals surface area contributed by atoms with Crippen molar-refractivity contribution in [1.82, 2.24) is 5.32 Å². The van der Waals surface area contributed by atoms with Crippen LogP contribution in [0.4, 0.5) is 0 Å². The van der Waals surface area contributed by atoms with Gasteiger partial charge in [-0.25, -0.2) is 8.42 Å². The minimum atomic E-state index is -4.04. The van der Waals surface area contributed by atoms with E-state index in [1.54, 1.807) is 0 Å². The van der Waals surface area contributed by atoms with Crippen molar-refractivity contribution in [2.45, 2.75) is 31.1 Å². The molecule has 0 saturated heterocycles. The maximum atomic E-state index is 12.2. The number of rotatable bonds is 4. The molecule has 2 rings (SSSR count). The van der Waals surface area contributed by atoms with Gasteiger partial charge in [-0.3, -0.25) is 4.79 Å². The topological polar surface area (TPSA) is 63.2 Å². The Morgan fingerprint density at radius 2 is 1.90 bits per heavy atom. The van der Waals surface area contributed by atoms with Crippen LogP contribution in [0.25, 0.3) is 0 Å². The molecule has 0 spiro atoms. The first kappa shape index (κ1) is 16.9. The highest BCUT2D eigenvalue weighted by atomic mass is 35.7. The molecule has 8 heteroatoms. The smallest absolute Gasteiger partial charge is 0.262 e. The van der Waals surface area contributed by atoms with Gasteiger partial charge in [0.25, 0.3) is 15.0 Å². The fourth-order valence-electron chi connectivity index (χ4n) is 2.24. The Balaban J connectivity index is 2.24. The quantitative estimate of drug-likeness (QED) is 0.819. The van der Waals surface area contributed by atoms with Crippen molar-refractivity contribution < 1.29 is 13.2 Å². The van der Waals surface area contributed by atoms with Gasteiger partial charge < -0.3 is 5.32 Å². The lowest BCUT2D eigenvalue weighted by Gasteiger charge is -2.38. The Morgan fingerprint density at radius 1 is 1.29 bits per heavy atom. The van der Waals surface area contributed by atoms with Crippen LogP contribution in [0.3, 0.4) is 0 Å². The summed E-state index contributed by atoms with van der Waals surface area (Å²) in [6.45, 7) is 2.61. The normalized spacial score (nSPS) is 17.1.